The van der Waals surface area contributed by atoms with Gasteiger partial charge in [0.15, 0.2) is 5.69 Å². The minimum atomic E-state index is -0.675. The number of carbonyl (C=O) groups excluding carboxylic acids is 2. The maximum atomic E-state index is 11.4. The van der Waals surface area contributed by atoms with Gasteiger partial charge in [0, 0.05) is 11.8 Å². The number of benzene rings is 1. The molecule has 1 aliphatic rings. The largest absolute Gasteiger partial charge is 0.384 e. The molecule has 4 nitrogen and oxygen atoms in total. The molecule has 0 spiro atoms. The van der Waals surface area contributed by atoms with Gasteiger partial charge < -0.3 is 4.74 Å². The van der Waals surface area contributed by atoms with Gasteiger partial charge in [0.1, 0.15) is 0 Å². The zero-order valence-corrected chi connectivity index (χ0v) is 9.64. The molecule has 2 aromatic rings. The second-order valence-corrected chi connectivity index (χ2v) is 4.17. The predicted molar refractivity (Wildman–Crippen MR) is 64.2 cm³/mol. The van der Waals surface area contributed by atoms with Crippen molar-refractivity contribution >= 4 is 11.9 Å². The van der Waals surface area contributed by atoms with Crippen molar-refractivity contribution in [3.8, 4) is 11.1 Å². The number of esters is 2. The summed E-state index contributed by atoms with van der Waals surface area (Å²) in [6.07, 6.45) is 1.58. The fourth-order valence-corrected chi connectivity index (χ4v) is 1.95. The van der Waals surface area contributed by atoms with Gasteiger partial charge in [-0.15, -0.1) is 0 Å². The van der Waals surface area contributed by atoms with E-state index in [1.165, 1.54) is 0 Å². The monoisotopic (exact) mass is 239 g/mol. The van der Waals surface area contributed by atoms with E-state index in [9.17, 15) is 9.59 Å². The van der Waals surface area contributed by atoms with E-state index in [0.717, 1.165) is 16.7 Å². The molecule has 0 saturated heterocycles. The van der Waals surface area contributed by atoms with E-state index >= 15 is 0 Å². The number of cyclic esters (lactones) is 2. The van der Waals surface area contributed by atoms with Crippen molar-refractivity contribution in [2.45, 2.75) is 6.92 Å². The minimum absolute atomic E-state index is 0.0939. The van der Waals surface area contributed by atoms with Gasteiger partial charge in [-0.3, -0.25) is 0 Å². The van der Waals surface area contributed by atoms with Crippen LogP contribution < -0.4 is 0 Å². The maximum absolute atomic E-state index is 11.4. The first-order chi connectivity index (χ1) is 8.65. The zero-order chi connectivity index (χ0) is 12.7. The summed E-state index contributed by atoms with van der Waals surface area (Å²) in [6.45, 7) is 1.99. The molecular formula is C14H9NO3. The van der Waals surface area contributed by atoms with Gasteiger partial charge in [-0.1, -0.05) is 29.8 Å². The van der Waals surface area contributed by atoms with Crippen LogP contribution in [0.4, 0.5) is 0 Å². The Bertz CT molecular complexity index is 676. The molecule has 2 heterocycles. The summed E-state index contributed by atoms with van der Waals surface area (Å²) in [4.78, 5) is 26.7. The normalized spacial score (nSPS) is 13.4. The fraction of sp³-hybridized carbons (Fsp3) is 0.0714. The highest BCUT2D eigenvalue weighted by molar-refractivity contribution is 6.14. The molecule has 3 rings (SSSR count). The third kappa shape index (κ3) is 1.59. The SMILES string of the molecule is Cc1cccc(-c2cnc3c(c2)C(=O)OC3=O)c1. The van der Waals surface area contributed by atoms with Crippen LogP contribution in [-0.2, 0) is 4.74 Å². The molecule has 18 heavy (non-hydrogen) atoms. The van der Waals surface area contributed by atoms with Crippen LogP contribution in [0.15, 0.2) is 36.5 Å². The lowest BCUT2D eigenvalue weighted by Crippen LogP contribution is -1.97. The van der Waals surface area contributed by atoms with Gasteiger partial charge >= 0.3 is 11.9 Å². The first kappa shape index (κ1) is 10.7. The average molecular weight is 239 g/mol. The lowest BCUT2D eigenvalue weighted by Gasteiger charge is -2.03. The molecule has 0 fully saturated rings. The maximum Gasteiger partial charge on any atom is 0.365 e. The van der Waals surface area contributed by atoms with E-state index in [0.29, 0.717) is 0 Å². The Kier molecular flexibility index (Phi) is 2.23. The van der Waals surface area contributed by atoms with Crippen LogP contribution in [0.25, 0.3) is 11.1 Å². The van der Waals surface area contributed by atoms with Crippen molar-refractivity contribution in [3.05, 3.63) is 53.3 Å². The van der Waals surface area contributed by atoms with Gasteiger partial charge in [-0.2, -0.15) is 0 Å². The van der Waals surface area contributed by atoms with Crippen molar-refractivity contribution < 1.29 is 14.3 Å². The second-order valence-electron chi connectivity index (χ2n) is 4.17. The van der Waals surface area contributed by atoms with Crippen molar-refractivity contribution in [3.63, 3.8) is 0 Å². The zero-order valence-electron chi connectivity index (χ0n) is 9.64. The van der Waals surface area contributed by atoms with Crippen LogP contribution in [0.1, 0.15) is 26.4 Å². The molecule has 0 unspecified atom stereocenters. The van der Waals surface area contributed by atoms with E-state index in [1.807, 2.05) is 31.2 Å². The van der Waals surface area contributed by atoms with Crippen LogP contribution >= 0.6 is 0 Å². The van der Waals surface area contributed by atoms with Crippen molar-refractivity contribution in [1.29, 1.82) is 0 Å². The highest BCUT2D eigenvalue weighted by Gasteiger charge is 2.31. The Morgan fingerprint density at radius 3 is 2.67 bits per heavy atom. The number of ether oxygens (including phenoxy) is 1. The molecule has 0 radical (unpaired) electrons. The molecule has 0 aliphatic carbocycles. The minimum Gasteiger partial charge on any atom is -0.384 e. The molecule has 0 N–H and O–H groups in total. The lowest BCUT2D eigenvalue weighted by molar-refractivity contribution is 0.0441. The van der Waals surface area contributed by atoms with Crippen LogP contribution in [0.5, 0.6) is 0 Å². The number of aromatic nitrogens is 1. The summed E-state index contributed by atoms with van der Waals surface area (Å²) < 4.78 is 4.51. The summed E-state index contributed by atoms with van der Waals surface area (Å²) in [7, 11) is 0. The van der Waals surface area contributed by atoms with E-state index in [4.69, 9.17) is 0 Å². The molecule has 0 amide bonds. The summed E-state index contributed by atoms with van der Waals surface area (Å²) in [5.74, 6) is -1.30. The molecule has 1 aromatic heterocycles. The lowest BCUT2D eigenvalue weighted by atomic mass is 10.0. The molecule has 1 aromatic carbocycles. The number of rotatable bonds is 1. The van der Waals surface area contributed by atoms with E-state index in [2.05, 4.69) is 9.72 Å². The predicted octanol–water partition coefficient (Wildman–Crippen LogP) is 2.37. The van der Waals surface area contributed by atoms with Gasteiger partial charge in [0.2, 0.25) is 0 Å². The smallest absolute Gasteiger partial charge is 0.365 e. The summed E-state index contributed by atoms with van der Waals surface area (Å²) >= 11 is 0. The van der Waals surface area contributed by atoms with Crippen molar-refractivity contribution in [2.75, 3.05) is 0 Å². The average Bonchev–Trinajstić information content (AvgIpc) is 2.65. The fourth-order valence-electron chi connectivity index (χ4n) is 1.95. The number of hydrogen-bond donors (Lipinski definition) is 0. The Morgan fingerprint density at radius 2 is 1.89 bits per heavy atom. The number of fused-ring (bicyclic) bond motifs is 1. The first-order valence-corrected chi connectivity index (χ1v) is 5.49. The number of pyridine rings is 1. The Hall–Kier alpha value is -2.49. The number of aryl methyl sites for hydroxylation is 1. The summed E-state index contributed by atoms with van der Waals surface area (Å²) in [6, 6.07) is 9.48. The molecule has 0 saturated carbocycles. The van der Waals surface area contributed by atoms with E-state index in [1.54, 1.807) is 12.3 Å². The van der Waals surface area contributed by atoms with Crippen molar-refractivity contribution in [1.82, 2.24) is 4.98 Å². The topological polar surface area (TPSA) is 56.3 Å². The van der Waals surface area contributed by atoms with E-state index < -0.39 is 11.9 Å². The Balaban J connectivity index is 2.14. The number of hydrogen-bond acceptors (Lipinski definition) is 4. The number of nitrogens with zero attached hydrogens (tertiary/aromatic N) is 1. The van der Waals surface area contributed by atoms with Crippen LogP contribution in [0.2, 0.25) is 0 Å². The third-order valence-corrected chi connectivity index (χ3v) is 2.84. The standard InChI is InChI=1S/C14H9NO3/c1-8-3-2-4-9(5-8)10-6-11-12(15-7-10)14(17)18-13(11)16/h2-7H,1H3. The van der Waals surface area contributed by atoms with Gasteiger partial charge in [0.25, 0.3) is 0 Å². The van der Waals surface area contributed by atoms with Gasteiger partial charge in [-0.05, 0) is 18.6 Å². The summed E-state index contributed by atoms with van der Waals surface area (Å²) in [5, 5.41) is 0. The Labute approximate surface area is 103 Å². The number of carbonyl (C=O) groups is 2. The van der Waals surface area contributed by atoms with Gasteiger partial charge in [0.05, 0.1) is 5.56 Å². The molecule has 0 atom stereocenters. The van der Waals surface area contributed by atoms with E-state index in [-0.39, 0.29) is 11.3 Å². The molecule has 4 heteroatoms. The van der Waals surface area contributed by atoms with Gasteiger partial charge in [-0.25, -0.2) is 14.6 Å². The summed E-state index contributed by atoms with van der Waals surface area (Å²) in [5.41, 5.74) is 3.20. The van der Waals surface area contributed by atoms with Crippen LogP contribution in [-0.4, -0.2) is 16.9 Å². The van der Waals surface area contributed by atoms with Crippen LogP contribution in [0, 0.1) is 6.92 Å². The first-order valence-electron chi connectivity index (χ1n) is 5.49. The van der Waals surface area contributed by atoms with Crippen LogP contribution in [0.3, 0.4) is 0 Å². The third-order valence-electron chi connectivity index (χ3n) is 2.84. The quantitative estimate of drug-likeness (QED) is 0.566. The van der Waals surface area contributed by atoms with Crippen molar-refractivity contribution in [2.24, 2.45) is 0 Å². The molecule has 0 bridgehead atoms. The molecule has 1 aliphatic heterocycles. The Morgan fingerprint density at radius 1 is 1.06 bits per heavy atom. The highest BCUT2D eigenvalue weighted by Crippen LogP contribution is 2.25. The second kappa shape index (κ2) is 3.77. The molecular weight excluding hydrogens is 230 g/mol. The molecule has 88 valence electrons. The highest BCUT2D eigenvalue weighted by atomic mass is 16.6.